The molecule has 0 aliphatic heterocycles. The largest absolute Gasteiger partial charge is 0.497 e. The second-order valence-electron chi connectivity index (χ2n) is 7.67. The zero-order valence-corrected chi connectivity index (χ0v) is 20.0. The van der Waals surface area contributed by atoms with Gasteiger partial charge in [0.05, 0.1) is 12.0 Å². The van der Waals surface area contributed by atoms with E-state index in [0.29, 0.717) is 22.6 Å². The van der Waals surface area contributed by atoms with Crippen molar-refractivity contribution in [1.82, 2.24) is 10.6 Å². The van der Waals surface area contributed by atoms with Crippen LogP contribution in [0.5, 0.6) is 5.75 Å². The van der Waals surface area contributed by atoms with E-state index in [1.165, 1.54) is 24.3 Å². The molecule has 0 heterocycles. The van der Waals surface area contributed by atoms with Crippen LogP contribution in [0, 0.1) is 13.8 Å². The van der Waals surface area contributed by atoms with E-state index < -0.39 is 10.0 Å². The van der Waals surface area contributed by atoms with Crippen LogP contribution in [0.3, 0.4) is 0 Å². The highest BCUT2D eigenvalue weighted by Crippen LogP contribution is 2.19. The Morgan fingerprint density at radius 2 is 1.29 bits per heavy atom. The number of carbonyl (C=O) groups is 2. The van der Waals surface area contributed by atoms with Crippen molar-refractivity contribution in [3.63, 3.8) is 0 Å². The van der Waals surface area contributed by atoms with Gasteiger partial charge in [-0.25, -0.2) is 8.42 Å². The van der Waals surface area contributed by atoms with Gasteiger partial charge in [-0.05, 0) is 85.6 Å². The Labute approximate surface area is 199 Å². The molecule has 8 nitrogen and oxygen atoms in total. The molecule has 0 aliphatic carbocycles. The van der Waals surface area contributed by atoms with Crippen molar-refractivity contribution in [3.8, 4) is 5.75 Å². The Bertz CT molecular complexity index is 1270. The van der Waals surface area contributed by atoms with Gasteiger partial charge >= 0.3 is 0 Å². The number of amides is 2. The smallest absolute Gasteiger partial charge is 0.261 e. The second kappa shape index (κ2) is 10.8. The summed E-state index contributed by atoms with van der Waals surface area (Å²) in [6, 6.07) is 17.8. The monoisotopic (exact) mass is 481 g/mol. The van der Waals surface area contributed by atoms with Gasteiger partial charge in [-0.2, -0.15) is 0 Å². The van der Waals surface area contributed by atoms with Crippen molar-refractivity contribution in [2.24, 2.45) is 0 Å². The molecule has 3 N–H and O–H groups in total. The molecule has 3 rings (SSSR count). The Hall–Kier alpha value is -3.85. The van der Waals surface area contributed by atoms with Crippen LogP contribution in [0.4, 0.5) is 5.69 Å². The zero-order chi connectivity index (χ0) is 24.7. The van der Waals surface area contributed by atoms with Crippen molar-refractivity contribution < 1.29 is 22.7 Å². The van der Waals surface area contributed by atoms with E-state index in [1.807, 2.05) is 13.8 Å². The van der Waals surface area contributed by atoms with Crippen molar-refractivity contribution >= 4 is 27.5 Å². The Morgan fingerprint density at radius 3 is 1.79 bits per heavy atom. The summed E-state index contributed by atoms with van der Waals surface area (Å²) < 4.78 is 32.8. The van der Waals surface area contributed by atoms with Gasteiger partial charge in [0.15, 0.2) is 0 Å². The number of hydrogen-bond donors (Lipinski definition) is 3. The van der Waals surface area contributed by atoms with Gasteiger partial charge in [0.1, 0.15) is 5.75 Å². The molecule has 0 aromatic heterocycles. The van der Waals surface area contributed by atoms with Crippen LogP contribution in [-0.4, -0.2) is 40.4 Å². The summed E-state index contributed by atoms with van der Waals surface area (Å²) in [5.74, 6) is 0.0763. The van der Waals surface area contributed by atoms with E-state index in [4.69, 9.17) is 4.74 Å². The minimum atomic E-state index is -3.74. The summed E-state index contributed by atoms with van der Waals surface area (Å²) in [5, 5.41) is 5.45. The molecule has 0 spiro atoms. The molecule has 0 unspecified atom stereocenters. The predicted molar refractivity (Wildman–Crippen MR) is 131 cm³/mol. The fourth-order valence-corrected chi connectivity index (χ4v) is 4.23. The number of ether oxygens (including phenoxy) is 1. The SMILES string of the molecule is COc1ccc(C(=O)NCCNC(=O)c2ccc(NS(=O)(=O)c3ccc(C)c(C)c3)cc2)cc1. The maximum Gasteiger partial charge on any atom is 0.261 e. The fourth-order valence-electron chi connectivity index (χ4n) is 3.08. The molecule has 0 saturated carbocycles. The van der Waals surface area contributed by atoms with Crippen LogP contribution >= 0.6 is 0 Å². The maximum atomic E-state index is 12.6. The Morgan fingerprint density at radius 1 is 0.765 bits per heavy atom. The first kappa shape index (κ1) is 24.8. The number of anilines is 1. The minimum Gasteiger partial charge on any atom is -0.497 e. The summed E-state index contributed by atoms with van der Waals surface area (Å²) in [6.07, 6.45) is 0. The molecule has 178 valence electrons. The summed E-state index contributed by atoms with van der Waals surface area (Å²) in [5.41, 5.74) is 3.10. The van der Waals surface area contributed by atoms with Gasteiger partial charge in [0, 0.05) is 29.9 Å². The van der Waals surface area contributed by atoms with E-state index in [9.17, 15) is 18.0 Å². The number of carbonyl (C=O) groups excluding carboxylic acids is 2. The van der Waals surface area contributed by atoms with Gasteiger partial charge in [-0.3, -0.25) is 14.3 Å². The fraction of sp³-hybridized carbons (Fsp3) is 0.200. The number of rotatable bonds is 9. The van der Waals surface area contributed by atoms with E-state index >= 15 is 0 Å². The predicted octanol–water partition coefficient (Wildman–Crippen LogP) is 3.27. The average Bonchev–Trinajstić information content (AvgIpc) is 2.83. The quantitative estimate of drug-likeness (QED) is 0.406. The molecular formula is C25H27N3O5S. The molecule has 0 atom stereocenters. The highest BCUT2D eigenvalue weighted by molar-refractivity contribution is 7.92. The molecule has 0 aliphatic rings. The van der Waals surface area contributed by atoms with Gasteiger partial charge < -0.3 is 15.4 Å². The van der Waals surface area contributed by atoms with Crippen molar-refractivity contribution in [2.75, 3.05) is 24.9 Å². The first-order valence-electron chi connectivity index (χ1n) is 10.6. The highest BCUT2D eigenvalue weighted by atomic mass is 32.2. The number of nitrogens with one attached hydrogen (secondary N) is 3. The van der Waals surface area contributed by atoms with E-state index in [2.05, 4.69) is 15.4 Å². The van der Waals surface area contributed by atoms with E-state index in [1.54, 1.807) is 49.6 Å². The molecular weight excluding hydrogens is 454 g/mol. The molecule has 9 heteroatoms. The van der Waals surface area contributed by atoms with Gasteiger partial charge in [-0.1, -0.05) is 6.07 Å². The summed E-state index contributed by atoms with van der Waals surface area (Å²) in [6.45, 7) is 4.26. The van der Waals surface area contributed by atoms with E-state index in [0.717, 1.165) is 11.1 Å². The van der Waals surface area contributed by atoms with Crippen LogP contribution in [0.25, 0.3) is 0 Å². The minimum absolute atomic E-state index is 0.175. The normalized spacial score (nSPS) is 10.9. The van der Waals surface area contributed by atoms with E-state index in [-0.39, 0.29) is 29.8 Å². The lowest BCUT2D eigenvalue weighted by molar-refractivity contribution is 0.0927. The Kier molecular flexibility index (Phi) is 7.91. The standard InChI is InChI=1S/C25H27N3O5S/c1-17-4-13-23(16-18(17)2)34(31,32)28-21-9-5-19(6-10-21)24(29)26-14-15-27-25(30)20-7-11-22(33-3)12-8-20/h4-13,16,28H,14-15H2,1-3H3,(H,26,29)(H,27,30). The zero-order valence-electron chi connectivity index (χ0n) is 19.2. The lowest BCUT2D eigenvalue weighted by atomic mass is 10.1. The van der Waals surface area contributed by atoms with Crippen molar-refractivity contribution in [2.45, 2.75) is 18.7 Å². The molecule has 0 saturated heterocycles. The lowest BCUT2D eigenvalue weighted by Gasteiger charge is -2.11. The summed E-state index contributed by atoms with van der Waals surface area (Å²) in [4.78, 5) is 24.6. The highest BCUT2D eigenvalue weighted by Gasteiger charge is 2.15. The molecule has 0 radical (unpaired) electrons. The summed E-state index contributed by atoms with van der Waals surface area (Å²) in [7, 11) is -2.18. The van der Waals surface area contributed by atoms with Crippen LogP contribution in [0.2, 0.25) is 0 Å². The van der Waals surface area contributed by atoms with Gasteiger partial charge in [0.2, 0.25) is 0 Å². The third-order valence-corrected chi connectivity index (χ3v) is 6.62. The van der Waals surface area contributed by atoms with Crippen molar-refractivity contribution in [1.29, 1.82) is 0 Å². The van der Waals surface area contributed by atoms with Crippen LogP contribution in [-0.2, 0) is 10.0 Å². The number of methoxy groups -OCH3 is 1. The first-order valence-corrected chi connectivity index (χ1v) is 12.1. The summed E-state index contributed by atoms with van der Waals surface area (Å²) >= 11 is 0. The molecule has 3 aromatic rings. The first-order chi connectivity index (χ1) is 16.2. The molecule has 0 bridgehead atoms. The number of benzene rings is 3. The van der Waals surface area contributed by atoms with Crippen LogP contribution in [0.1, 0.15) is 31.8 Å². The maximum absolute atomic E-state index is 12.6. The lowest BCUT2D eigenvalue weighted by Crippen LogP contribution is -2.34. The number of sulfonamides is 1. The van der Waals surface area contributed by atoms with Gasteiger partial charge in [-0.15, -0.1) is 0 Å². The number of hydrogen-bond acceptors (Lipinski definition) is 5. The second-order valence-corrected chi connectivity index (χ2v) is 9.35. The molecule has 2 amide bonds. The number of aryl methyl sites for hydroxylation is 2. The molecule has 3 aromatic carbocycles. The van der Waals surface area contributed by atoms with Crippen LogP contribution < -0.4 is 20.1 Å². The van der Waals surface area contributed by atoms with Gasteiger partial charge in [0.25, 0.3) is 21.8 Å². The average molecular weight is 482 g/mol. The third kappa shape index (κ3) is 6.35. The molecule has 34 heavy (non-hydrogen) atoms. The molecule has 0 fully saturated rings. The Balaban J connectivity index is 1.49. The van der Waals surface area contributed by atoms with Crippen LogP contribution in [0.15, 0.2) is 71.6 Å². The third-order valence-electron chi connectivity index (χ3n) is 5.24. The van der Waals surface area contributed by atoms with Crippen molar-refractivity contribution in [3.05, 3.63) is 89.0 Å². The topological polar surface area (TPSA) is 114 Å².